The summed E-state index contributed by atoms with van der Waals surface area (Å²) < 4.78 is 11.0. The van der Waals surface area contributed by atoms with Gasteiger partial charge in [0.1, 0.15) is 18.1 Å². The fraction of sp³-hybridized carbons (Fsp3) is 0.182. The predicted octanol–water partition coefficient (Wildman–Crippen LogP) is 3.69. The lowest BCUT2D eigenvalue weighted by Crippen LogP contribution is -2.45. The van der Waals surface area contributed by atoms with Crippen LogP contribution in [-0.4, -0.2) is 24.7 Å². The Hall–Kier alpha value is -3.32. The third-order valence-corrected chi connectivity index (χ3v) is 4.65. The largest absolute Gasteiger partial charge is 0.495 e. The van der Waals surface area contributed by atoms with Crippen molar-refractivity contribution < 1.29 is 14.3 Å². The van der Waals surface area contributed by atoms with Crippen molar-refractivity contribution in [3.63, 3.8) is 0 Å². The van der Waals surface area contributed by atoms with Gasteiger partial charge in [-0.3, -0.25) is 4.79 Å². The first-order valence-electron chi connectivity index (χ1n) is 9.09. The number of anilines is 1. The molecule has 1 heterocycles. The topological polar surface area (TPSA) is 71.6 Å². The minimum absolute atomic E-state index is 0.253. The van der Waals surface area contributed by atoms with Crippen LogP contribution in [0.4, 0.5) is 5.69 Å². The molecule has 0 radical (unpaired) electrons. The average molecular weight is 410 g/mol. The molecule has 150 valence electrons. The van der Waals surface area contributed by atoms with Gasteiger partial charge in [0.25, 0.3) is 5.91 Å². The summed E-state index contributed by atoms with van der Waals surface area (Å²) in [6.07, 6.45) is 1.68. The predicted molar refractivity (Wildman–Crippen MR) is 118 cm³/mol. The molecule has 0 aromatic heterocycles. The fourth-order valence-corrected chi connectivity index (χ4v) is 3.39. The summed E-state index contributed by atoms with van der Waals surface area (Å²) in [6, 6.07) is 14.4. The number of rotatable bonds is 7. The Morgan fingerprint density at radius 2 is 2.07 bits per heavy atom. The van der Waals surface area contributed by atoms with Crippen molar-refractivity contribution in [3.05, 3.63) is 78.0 Å². The Labute approximate surface area is 175 Å². The van der Waals surface area contributed by atoms with Crippen molar-refractivity contribution in [1.29, 1.82) is 0 Å². The second-order valence-electron chi connectivity index (χ2n) is 6.40. The van der Waals surface area contributed by atoms with Gasteiger partial charge >= 0.3 is 0 Å². The molecular formula is C22H23N3O3S. The molecule has 1 amide bonds. The van der Waals surface area contributed by atoms with Gasteiger partial charge in [-0.15, -0.1) is 0 Å². The molecule has 1 aliphatic heterocycles. The third kappa shape index (κ3) is 4.75. The zero-order valence-corrected chi connectivity index (χ0v) is 17.1. The third-order valence-electron chi connectivity index (χ3n) is 4.43. The highest BCUT2D eigenvalue weighted by molar-refractivity contribution is 7.80. The van der Waals surface area contributed by atoms with E-state index in [4.69, 9.17) is 21.7 Å². The molecule has 3 rings (SSSR count). The van der Waals surface area contributed by atoms with Crippen LogP contribution in [0.2, 0.25) is 0 Å². The van der Waals surface area contributed by atoms with Crippen LogP contribution in [0.5, 0.6) is 11.5 Å². The van der Waals surface area contributed by atoms with Gasteiger partial charge in [-0.1, -0.05) is 36.9 Å². The molecule has 0 saturated heterocycles. The Morgan fingerprint density at radius 1 is 1.28 bits per heavy atom. The number of benzene rings is 2. The Morgan fingerprint density at radius 3 is 2.83 bits per heavy atom. The van der Waals surface area contributed by atoms with Gasteiger partial charge < -0.3 is 25.4 Å². The lowest BCUT2D eigenvalue weighted by Gasteiger charge is -2.30. The van der Waals surface area contributed by atoms with E-state index in [0.717, 1.165) is 5.56 Å². The van der Waals surface area contributed by atoms with E-state index in [1.54, 1.807) is 25.3 Å². The maximum absolute atomic E-state index is 13.2. The maximum Gasteiger partial charge on any atom is 0.255 e. The number of hydrogen-bond donors (Lipinski definition) is 3. The lowest BCUT2D eigenvalue weighted by atomic mass is 9.94. The zero-order valence-electron chi connectivity index (χ0n) is 16.3. The van der Waals surface area contributed by atoms with Gasteiger partial charge in [0.2, 0.25) is 0 Å². The zero-order chi connectivity index (χ0) is 20.8. The van der Waals surface area contributed by atoms with Gasteiger partial charge in [0.05, 0.1) is 24.4 Å². The van der Waals surface area contributed by atoms with E-state index in [0.29, 0.717) is 40.2 Å². The summed E-state index contributed by atoms with van der Waals surface area (Å²) in [5, 5.41) is 9.62. The van der Waals surface area contributed by atoms with Crippen LogP contribution in [0.25, 0.3) is 0 Å². The molecular weight excluding hydrogens is 386 g/mol. The molecule has 6 nitrogen and oxygen atoms in total. The molecule has 0 spiro atoms. The van der Waals surface area contributed by atoms with Crippen LogP contribution < -0.4 is 25.4 Å². The van der Waals surface area contributed by atoms with Crippen molar-refractivity contribution in [1.82, 2.24) is 10.6 Å². The molecule has 29 heavy (non-hydrogen) atoms. The molecule has 0 unspecified atom stereocenters. The number of hydrogen-bond acceptors (Lipinski definition) is 4. The van der Waals surface area contributed by atoms with E-state index in [9.17, 15) is 4.79 Å². The summed E-state index contributed by atoms with van der Waals surface area (Å²) in [5.74, 6) is 1.02. The molecule has 2 aromatic rings. The average Bonchev–Trinajstić information content (AvgIpc) is 2.72. The normalized spacial score (nSPS) is 15.8. The Kier molecular flexibility index (Phi) is 6.51. The number of nitrogens with one attached hydrogen (secondary N) is 3. The second kappa shape index (κ2) is 9.25. The van der Waals surface area contributed by atoms with Crippen LogP contribution in [0.1, 0.15) is 18.5 Å². The number of ether oxygens (including phenoxy) is 2. The van der Waals surface area contributed by atoms with E-state index >= 15 is 0 Å². The number of thiocarbonyl (C=S) groups is 1. The first kappa shape index (κ1) is 20.4. The summed E-state index contributed by atoms with van der Waals surface area (Å²) in [5.41, 5.74) is 2.67. The van der Waals surface area contributed by atoms with Crippen LogP contribution in [0.3, 0.4) is 0 Å². The minimum atomic E-state index is -0.425. The van der Waals surface area contributed by atoms with Crippen molar-refractivity contribution in [2.45, 2.75) is 13.0 Å². The first-order valence-corrected chi connectivity index (χ1v) is 9.50. The molecule has 2 aromatic carbocycles. The molecule has 7 heteroatoms. The van der Waals surface area contributed by atoms with Gasteiger partial charge in [-0.2, -0.15) is 0 Å². The summed E-state index contributed by atoms with van der Waals surface area (Å²) >= 11 is 5.32. The Balaban J connectivity index is 1.94. The number of carbonyl (C=O) groups is 1. The smallest absolute Gasteiger partial charge is 0.255 e. The summed E-state index contributed by atoms with van der Waals surface area (Å²) in [4.78, 5) is 13.2. The van der Waals surface area contributed by atoms with E-state index in [-0.39, 0.29) is 5.91 Å². The molecule has 1 aliphatic rings. The molecule has 0 aliphatic carbocycles. The maximum atomic E-state index is 13.2. The van der Waals surface area contributed by atoms with E-state index in [1.165, 1.54) is 0 Å². The van der Waals surface area contributed by atoms with Gasteiger partial charge in [-0.05, 0) is 49.0 Å². The van der Waals surface area contributed by atoms with Crippen molar-refractivity contribution >= 4 is 28.9 Å². The molecule has 0 bridgehead atoms. The molecule has 0 saturated carbocycles. The lowest BCUT2D eigenvalue weighted by molar-refractivity contribution is -0.113. The highest BCUT2D eigenvalue weighted by Crippen LogP contribution is 2.31. The SMILES string of the molecule is C=CCOc1cccc([C@H]2NC(=S)NC(C)=C2C(=O)Nc2ccccc2OC)c1. The van der Waals surface area contributed by atoms with Gasteiger partial charge in [-0.25, -0.2) is 0 Å². The number of amides is 1. The minimum Gasteiger partial charge on any atom is -0.495 e. The first-order chi connectivity index (χ1) is 14.0. The van der Waals surface area contributed by atoms with Crippen LogP contribution >= 0.6 is 12.2 Å². The summed E-state index contributed by atoms with van der Waals surface area (Å²) in [7, 11) is 1.56. The number of para-hydroxylation sites is 2. The molecule has 3 N–H and O–H groups in total. The number of carbonyl (C=O) groups excluding carboxylic acids is 1. The number of allylic oxidation sites excluding steroid dienone is 1. The highest BCUT2D eigenvalue weighted by atomic mass is 32.1. The van der Waals surface area contributed by atoms with Gasteiger partial charge in [0, 0.05) is 5.70 Å². The van der Waals surface area contributed by atoms with E-state index in [1.807, 2.05) is 43.3 Å². The van der Waals surface area contributed by atoms with Crippen molar-refractivity contribution in [2.75, 3.05) is 19.0 Å². The van der Waals surface area contributed by atoms with Gasteiger partial charge in [0.15, 0.2) is 5.11 Å². The van der Waals surface area contributed by atoms with E-state index < -0.39 is 6.04 Å². The van der Waals surface area contributed by atoms with E-state index in [2.05, 4.69) is 22.5 Å². The van der Waals surface area contributed by atoms with Crippen LogP contribution in [0.15, 0.2) is 72.5 Å². The second-order valence-corrected chi connectivity index (χ2v) is 6.80. The van der Waals surface area contributed by atoms with Crippen molar-refractivity contribution in [3.8, 4) is 11.5 Å². The monoisotopic (exact) mass is 409 g/mol. The molecule has 0 fully saturated rings. The van der Waals surface area contributed by atoms with Crippen molar-refractivity contribution in [2.24, 2.45) is 0 Å². The highest BCUT2D eigenvalue weighted by Gasteiger charge is 2.30. The number of methoxy groups -OCH3 is 1. The molecule has 1 atom stereocenters. The van der Waals surface area contributed by atoms with Crippen LogP contribution in [0, 0.1) is 0 Å². The Bertz CT molecular complexity index is 971. The summed E-state index contributed by atoms with van der Waals surface area (Å²) in [6.45, 7) is 5.89. The standard InChI is InChI=1S/C22H23N3O3S/c1-4-12-28-16-9-7-8-15(13-16)20-19(14(2)23-22(29)25-20)21(26)24-17-10-5-6-11-18(17)27-3/h4-11,13,20H,1,12H2,2-3H3,(H,24,26)(H2,23,25,29)/t20-/m1/s1. The fourth-order valence-electron chi connectivity index (χ4n) is 3.12. The quantitative estimate of drug-likeness (QED) is 0.479. The van der Waals surface area contributed by atoms with Crippen LogP contribution in [-0.2, 0) is 4.79 Å².